The standard InChI is InChI=1S/C19H22N4OS/c1-12-8-9-18(13(2)10-12)21-19(25)23-22-14(3)16-6-5-7-17(11-16)20-15(4)24/h5-11H,1-4H3,(H,20,24)(H2,21,23,25)/b22-14+. The van der Waals surface area contributed by atoms with E-state index in [0.717, 1.165) is 28.2 Å². The molecule has 0 aliphatic carbocycles. The van der Waals surface area contributed by atoms with Crippen molar-refractivity contribution in [2.75, 3.05) is 10.6 Å². The second kappa shape index (κ2) is 8.39. The van der Waals surface area contributed by atoms with Crippen LogP contribution in [0, 0.1) is 13.8 Å². The van der Waals surface area contributed by atoms with Gasteiger partial charge in [0, 0.05) is 18.3 Å². The Morgan fingerprint density at radius 3 is 2.48 bits per heavy atom. The molecule has 0 heterocycles. The highest BCUT2D eigenvalue weighted by Gasteiger charge is 2.03. The molecule has 0 aliphatic heterocycles. The number of nitrogens with one attached hydrogen (secondary N) is 3. The Labute approximate surface area is 153 Å². The lowest BCUT2D eigenvalue weighted by Gasteiger charge is -2.11. The Morgan fingerprint density at radius 1 is 1.04 bits per heavy atom. The van der Waals surface area contributed by atoms with Crippen LogP contribution in [0.15, 0.2) is 47.6 Å². The zero-order valence-electron chi connectivity index (χ0n) is 14.8. The molecule has 0 fully saturated rings. The second-order valence-corrected chi connectivity index (χ2v) is 6.25. The lowest BCUT2D eigenvalue weighted by molar-refractivity contribution is -0.114. The highest BCUT2D eigenvalue weighted by atomic mass is 32.1. The van der Waals surface area contributed by atoms with E-state index in [-0.39, 0.29) is 5.91 Å². The molecule has 0 spiro atoms. The molecule has 0 saturated heterocycles. The van der Waals surface area contributed by atoms with Crippen LogP contribution in [0.3, 0.4) is 0 Å². The first kappa shape index (κ1) is 18.6. The minimum absolute atomic E-state index is 0.108. The molecule has 6 heteroatoms. The first-order chi connectivity index (χ1) is 11.8. The van der Waals surface area contributed by atoms with E-state index in [4.69, 9.17) is 12.2 Å². The number of aryl methyl sites for hydroxylation is 2. The molecule has 3 N–H and O–H groups in total. The zero-order valence-corrected chi connectivity index (χ0v) is 15.6. The second-order valence-electron chi connectivity index (χ2n) is 5.84. The van der Waals surface area contributed by atoms with Crippen molar-refractivity contribution in [2.24, 2.45) is 5.10 Å². The monoisotopic (exact) mass is 354 g/mol. The van der Waals surface area contributed by atoms with Crippen LogP contribution >= 0.6 is 12.2 Å². The van der Waals surface area contributed by atoms with Crippen molar-refractivity contribution in [3.05, 3.63) is 59.2 Å². The molecule has 0 aliphatic rings. The molecular weight excluding hydrogens is 332 g/mol. The number of nitrogens with zero attached hydrogens (tertiary/aromatic N) is 1. The van der Waals surface area contributed by atoms with Crippen LogP contribution in [0.25, 0.3) is 0 Å². The summed E-state index contributed by atoms with van der Waals surface area (Å²) in [4.78, 5) is 11.2. The summed E-state index contributed by atoms with van der Waals surface area (Å²) in [6.45, 7) is 7.43. The van der Waals surface area contributed by atoms with Crippen molar-refractivity contribution < 1.29 is 4.79 Å². The summed E-state index contributed by atoms with van der Waals surface area (Å²) >= 11 is 5.29. The number of carbonyl (C=O) groups excluding carboxylic acids is 1. The number of amides is 1. The molecule has 0 radical (unpaired) electrons. The average Bonchev–Trinajstić information content (AvgIpc) is 2.55. The van der Waals surface area contributed by atoms with Gasteiger partial charge in [-0.2, -0.15) is 5.10 Å². The van der Waals surface area contributed by atoms with Crippen molar-refractivity contribution >= 4 is 40.3 Å². The molecule has 2 rings (SSSR count). The zero-order chi connectivity index (χ0) is 18.4. The van der Waals surface area contributed by atoms with Gasteiger partial charge in [-0.1, -0.05) is 29.8 Å². The molecule has 5 nitrogen and oxygen atoms in total. The minimum Gasteiger partial charge on any atom is -0.331 e. The Bertz CT molecular complexity index is 830. The van der Waals surface area contributed by atoms with E-state index in [1.54, 1.807) is 0 Å². The van der Waals surface area contributed by atoms with E-state index in [1.807, 2.05) is 50.2 Å². The van der Waals surface area contributed by atoms with Gasteiger partial charge in [-0.05, 0) is 62.3 Å². The Kier molecular flexibility index (Phi) is 6.25. The number of rotatable bonds is 4. The molecule has 2 aromatic rings. The molecule has 0 aromatic heterocycles. The molecule has 0 saturated carbocycles. The van der Waals surface area contributed by atoms with Gasteiger partial charge < -0.3 is 10.6 Å². The van der Waals surface area contributed by atoms with E-state index in [9.17, 15) is 4.79 Å². The van der Waals surface area contributed by atoms with Crippen LogP contribution in [0.4, 0.5) is 11.4 Å². The smallest absolute Gasteiger partial charge is 0.221 e. The number of hydrogen-bond donors (Lipinski definition) is 3. The number of hydrazone groups is 1. The van der Waals surface area contributed by atoms with Gasteiger partial charge in [0.25, 0.3) is 0 Å². The van der Waals surface area contributed by atoms with Crippen LogP contribution in [-0.2, 0) is 4.79 Å². The van der Waals surface area contributed by atoms with E-state index in [2.05, 4.69) is 34.2 Å². The number of carbonyl (C=O) groups is 1. The predicted molar refractivity (Wildman–Crippen MR) is 108 cm³/mol. The van der Waals surface area contributed by atoms with E-state index in [0.29, 0.717) is 5.11 Å². The summed E-state index contributed by atoms with van der Waals surface area (Å²) < 4.78 is 0. The molecule has 1 amide bonds. The van der Waals surface area contributed by atoms with Crippen molar-refractivity contribution in [3.63, 3.8) is 0 Å². The first-order valence-electron chi connectivity index (χ1n) is 7.91. The fourth-order valence-corrected chi connectivity index (χ4v) is 2.48. The van der Waals surface area contributed by atoms with E-state index >= 15 is 0 Å². The maximum Gasteiger partial charge on any atom is 0.221 e. The van der Waals surface area contributed by atoms with Crippen LogP contribution in [0.5, 0.6) is 0 Å². The Morgan fingerprint density at radius 2 is 1.80 bits per heavy atom. The predicted octanol–water partition coefficient (Wildman–Crippen LogP) is 3.97. The van der Waals surface area contributed by atoms with Gasteiger partial charge in [0.15, 0.2) is 5.11 Å². The molecule has 0 unspecified atom stereocenters. The third-order valence-corrected chi connectivity index (χ3v) is 3.75. The molecule has 0 bridgehead atoms. The number of benzene rings is 2. The van der Waals surface area contributed by atoms with Crippen molar-refractivity contribution in [1.29, 1.82) is 0 Å². The summed E-state index contributed by atoms with van der Waals surface area (Å²) in [5.74, 6) is -0.108. The number of hydrogen-bond acceptors (Lipinski definition) is 3. The minimum atomic E-state index is -0.108. The quantitative estimate of drug-likeness (QED) is 0.441. The van der Waals surface area contributed by atoms with Gasteiger partial charge in [0.1, 0.15) is 0 Å². The maximum atomic E-state index is 11.2. The fourth-order valence-electron chi connectivity index (χ4n) is 2.33. The third-order valence-electron chi connectivity index (χ3n) is 3.56. The third kappa shape index (κ3) is 5.69. The fraction of sp³-hybridized carbons (Fsp3) is 0.211. The molecular formula is C19H22N4OS. The summed E-state index contributed by atoms with van der Waals surface area (Å²) in [5.41, 5.74) is 8.51. The van der Waals surface area contributed by atoms with Gasteiger partial charge in [0.2, 0.25) is 5.91 Å². The van der Waals surface area contributed by atoms with Gasteiger partial charge in [0.05, 0.1) is 5.71 Å². The molecule has 2 aromatic carbocycles. The summed E-state index contributed by atoms with van der Waals surface area (Å²) in [7, 11) is 0. The lowest BCUT2D eigenvalue weighted by Crippen LogP contribution is -2.25. The van der Waals surface area contributed by atoms with Crippen molar-refractivity contribution in [1.82, 2.24) is 5.43 Å². The summed E-state index contributed by atoms with van der Waals surface area (Å²) in [5, 5.41) is 10.6. The van der Waals surface area contributed by atoms with Crippen molar-refractivity contribution in [3.8, 4) is 0 Å². The van der Waals surface area contributed by atoms with Crippen LogP contribution in [-0.4, -0.2) is 16.7 Å². The summed E-state index contributed by atoms with van der Waals surface area (Å²) in [6.07, 6.45) is 0. The Balaban J connectivity index is 2.02. The largest absolute Gasteiger partial charge is 0.331 e. The van der Waals surface area contributed by atoms with Gasteiger partial charge in [-0.25, -0.2) is 0 Å². The SMILES string of the molecule is CC(=O)Nc1cccc(/C(C)=N/NC(=S)Nc2ccc(C)cc2C)c1. The molecule has 0 atom stereocenters. The topological polar surface area (TPSA) is 65.5 Å². The van der Waals surface area contributed by atoms with Gasteiger partial charge >= 0.3 is 0 Å². The van der Waals surface area contributed by atoms with E-state index in [1.165, 1.54) is 12.5 Å². The van der Waals surface area contributed by atoms with Crippen molar-refractivity contribution in [2.45, 2.75) is 27.7 Å². The highest BCUT2D eigenvalue weighted by Crippen LogP contribution is 2.16. The Hall–Kier alpha value is -2.73. The maximum absolute atomic E-state index is 11.2. The molecule has 130 valence electrons. The lowest BCUT2D eigenvalue weighted by atomic mass is 10.1. The van der Waals surface area contributed by atoms with Gasteiger partial charge in [-0.15, -0.1) is 0 Å². The van der Waals surface area contributed by atoms with Crippen LogP contribution < -0.4 is 16.1 Å². The average molecular weight is 354 g/mol. The summed E-state index contributed by atoms with van der Waals surface area (Å²) in [6, 6.07) is 13.6. The van der Waals surface area contributed by atoms with Crippen LogP contribution in [0.1, 0.15) is 30.5 Å². The van der Waals surface area contributed by atoms with Gasteiger partial charge in [-0.3, -0.25) is 10.2 Å². The number of thiocarbonyl (C=S) groups is 1. The van der Waals surface area contributed by atoms with Crippen LogP contribution in [0.2, 0.25) is 0 Å². The number of anilines is 2. The highest BCUT2D eigenvalue weighted by molar-refractivity contribution is 7.80. The first-order valence-corrected chi connectivity index (χ1v) is 8.32. The normalized spacial score (nSPS) is 11.0. The molecule has 25 heavy (non-hydrogen) atoms. The van der Waals surface area contributed by atoms with E-state index < -0.39 is 0 Å².